The first-order chi connectivity index (χ1) is 9.79. The van der Waals surface area contributed by atoms with Crippen LogP contribution < -0.4 is 0 Å². The normalized spacial score (nSPS) is 13.2. The molecular weight excluding hydrogens is 372 g/mol. The van der Waals surface area contributed by atoms with E-state index < -0.39 is 22.4 Å². The molecular formula is C15H10BrClF4. The Balaban J connectivity index is 2.27. The smallest absolute Gasteiger partial charge is 0.206 e. The number of hydrogen-bond acceptors (Lipinski definition) is 0. The van der Waals surface area contributed by atoms with Crippen molar-refractivity contribution >= 4 is 27.5 Å². The van der Waals surface area contributed by atoms with Crippen molar-refractivity contribution in [2.75, 3.05) is 0 Å². The Labute approximate surface area is 132 Å². The van der Waals surface area contributed by atoms with Crippen molar-refractivity contribution in [3.05, 3.63) is 70.0 Å². The zero-order chi connectivity index (χ0) is 15.6. The summed E-state index contributed by atoms with van der Waals surface area (Å²) < 4.78 is 52.1. The van der Waals surface area contributed by atoms with E-state index in [4.69, 9.17) is 11.6 Å². The van der Waals surface area contributed by atoms with Gasteiger partial charge in [0.05, 0.1) is 5.56 Å². The van der Waals surface area contributed by atoms with Gasteiger partial charge in [-0.1, -0.05) is 51.8 Å². The lowest BCUT2D eigenvalue weighted by Gasteiger charge is -2.15. The van der Waals surface area contributed by atoms with Crippen LogP contribution in [-0.4, -0.2) is 0 Å². The summed E-state index contributed by atoms with van der Waals surface area (Å²) in [6, 6.07) is 10.2. The summed E-state index contributed by atoms with van der Waals surface area (Å²) >= 11 is 9.02. The summed E-state index contributed by atoms with van der Waals surface area (Å²) in [6.45, 7) is 0. The Bertz CT molecular complexity index is 623. The molecule has 0 heterocycles. The maximum absolute atomic E-state index is 14.0. The molecule has 6 heteroatoms. The van der Waals surface area contributed by atoms with Gasteiger partial charge in [-0.15, -0.1) is 0 Å². The number of hydrogen-bond donors (Lipinski definition) is 0. The summed E-state index contributed by atoms with van der Waals surface area (Å²) in [7, 11) is 0. The molecule has 1 unspecified atom stereocenters. The highest BCUT2D eigenvalue weighted by Crippen LogP contribution is 2.36. The van der Waals surface area contributed by atoms with E-state index in [2.05, 4.69) is 15.9 Å². The van der Waals surface area contributed by atoms with E-state index in [1.54, 1.807) is 24.3 Å². The number of halogens is 6. The van der Waals surface area contributed by atoms with Crippen LogP contribution in [0.2, 0.25) is 5.02 Å². The molecule has 0 saturated carbocycles. The van der Waals surface area contributed by atoms with Gasteiger partial charge in [0, 0.05) is 15.4 Å². The molecule has 0 fully saturated rings. The fourth-order valence-corrected chi connectivity index (χ4v) is 2.80. The Morgan fingerprint density at radius 1 is 1.05 bits per heavy atom. The molecule has 21 heavy (non-hydrogen) atoms. The van der Waals surface area contributed by atoms with Crippen LogP contribution in [0.1, 0.15) is 21.5 Å². The van der Waals surface area contributed by atoms with Crippen molar-refractivity contribution in [2.45, 2.75) is 17.4 Å². The molecule has 0 aliphatic rings. The van der Waals surface area contributed by atoms with E-state index in [1.807, 2.05) is 0 Å². The van der Waals surface area contributed by atoms with Gasteiger partial charge < -0.3 is 0 Å². The van der Waals surface area contributed by atoms with Crippen LogP contribution in [0, 0.1) is 5.82 Å². The lowest BCUT2D eigenvalue weighted by atomic mass is 10.0. The average molecular weight is 382 g/mol. The first-order valence-corrected chi connectivity index (χ1v) is 7.32. The van der Waals surface area contributed by atoms with Crippen molar-refractivity contribution in [1.29, 1.82) is 0 Å². The molecule has 0 amide bonds. The quantitative estimate of drug-likeness (QED) is 0.440. The molecule has 2 aromatic carbocycles. The highest BCUT2D eigenvalue weighted by atomic mass is 79.9. The van der Waals surface area contributed by atoms with Crippen LogP contribution in [0.4, 0.5) is 17.6 Å². The predicted molar refractivity (Wildman–Crippen MR) is 78.2 cm³/mol. The topological polar surface area (TPSA) is 0 Å². The standard InChI is InChI=1S/C15H10BrClF4/c16-13(8-9-4-6-10(17)7-5-9)11-2-1-3-12(14(11)18)15(19,20)21/h1-7,13H,8H2. The van der Waals surface area contributed by atoms with Gasteiger partial charge in [0.1, 0.15) is 5.82 Å². The number of benzene rings is 2. The molecule has 0 aliphatic carbocycles. The van der Waals surface area contributed by atoms with Crippen LogP contribution in [0.3, 0.4) is 0 Å². The molecule has 0 bridgehead atoms. The largest absolute Gasteiger partial charge is 0.419 e. The van der Waals surface area contributed by atoms with Crippen molar-refractivity contribution < 1.29 is 17.6 Å². The average Bonchev–Trinajstić information content (AvgIpc) is 2.40. The van der Waals surface area contributed by atoms with Gasteiger partial charge in [-0.05, 0) is 30.2 Å². The number of rotatable bonds is 3. The van der Waals surface area contributed by atoms with Gasteiger partial charge in [-0.2, -0.15) is 13.2 Å². The molecule has 0 aliphatic heterocycles. The van der Waals surface area contributed by atoms with Crippen molar-refractivity contribution in [3.63, 3.8) is 0 Å². The van der Waals surface area contributed by atoms with E-state index in [0.29, 0.717) is 11.4 Å². The summed E-state index contributed by atoms with van der Waals surface area (Å²) in [5.41, 5.74) is -0.418. The van der Waals surface area contributed by atoms with E-state index in [-0.39, 0.29) is 5.56 Å². The van der Waals surface area contributed by atoms with Gasteiger partial charge in [-0.3, -0.25) is 0 Å². The Morgan fingerprint density at radius 3 is 2.24 bits per heavy atom. The van der Waals surface area contributed by atoms with Gasteiger partial charge in [-0.25, -0.2) is 4.39 Å². The second-order valence-electron chi connectivity index (χ2n) is 4.50. The van der Waals surface area contributed by atoms with Crippen molar-refractivity contribution in [3.8, 4) is 0 Å². The summed E-state index contributed by atoms with van der Waals surface area (Å²) in [5, 5.41) is 0.565. The monoisotopic (exact) mass is 380 g/mol. The molecule has 0 nitrogen and oxygen atoms in total. The lowest BCUT2D eigenvalue weighted by Crippen LogP contribution is -2.11. The van der Waals surface area contributed by atoms with E-state index in [0.717, 1.165) is 11.6 Å². The van der Waals surface area contributed by atoms with E-state index in [9.17, 15) is 17.6 Å². The highest BCUT2D eigenvalue weighted by Gasteiger charge is 2.35. The SMILES string of the molecule is Fc1c(C(Br)Cc2ccc(Cl)cc2)cccc1C(F)(F)F. The van der Waals surface area contributed by atoms with Gasteiger partial charge in [0.2, 0.25) is 0 Å². The maximum atomic E-state index is 14.0. The summed E-state index contributed by atoms with van der Waals surface area (Å²) in [6.07, 6.45) is -4.34. The minimum absolute atomic E-state index is 0.0141. The second-order valence-corrected chi connectivity index (χ2v) is 6.05. The third-order valence-electron chi connectivity index (χ3n) is 3.00. The molecule has 2 aromatic rings. The molecule has 2 rings (SSSR count). The van der Waals surface area contributed by atoms with Gasteiger partial charge in [0.25, 0.3) is 0 Å². The predicted octanol–water partition coefficient (Wildman–Crippen LogP) is 6.18. The molecule has 0 radical (unpaired) electrons. The van der Waals surface area contributed by atoms with Crippen LogP contribution in [0.15, 0.2) is 42.5 Å². The van der Waals surface area contributed by atoms with Gasteiger partial charge in [0.15, 0.2) is 0 Å². The summed E-state index contributed by atoms with van der Waals surface area (Å²) in [5.74, 6) is -1.24. The Kier molecular flexibility index (Phi) is 4.94. The Hall–Kier alpha value is -1.07. The molecule has 112 valence electrons. The first kappa shape index (κ1) is 16.3. The molecule has 1 atom stereocenters. The second kappa shape index (κ2) is 6.36. The minimum Gasteiger partial charge on any atom is -0.206 e. The molecule has 0 spiro atoms. The van der Waals surface area contributed by atoms with Gasteiger partial charge >= 0.3 is 6.18 Å². The third-order valence-corrected chi connectivity index (χ3v) is 4.07. The third kappa shape index (κ3) is 3.98. The summed E-state index contributed by atoms with van der Waals surface area (Å²) in [4.78, 5) is -0.555. The van der Waals surface area contributed by atoms with Crippen LogP contribution in [0.5, 0.6) is 0 Å². The fraction of sp³-hybridized carbons (Fsp3) is 0.200. The molecule has 0 N–H and O–H groups in total. The van der Waals surface area contributed by atoms with Crippen LogP contribution >= 0.6 is 27.5 Å². The fourth-order valence-electron chi connectivity index (χ4n) is 1.95. The lowest BCUT2D eigenvalue weighted by molar-refractivity contribution is -0.140. The Morgan fingerprint density at radius 2 is 1.67 bits per heavy atom. The molecule has 0 aromatic heterocycles. The minimum atomic E-state index is -4.70. The highest BCUT2D eigenvalue weighted by molar-refractivity contribution is 9.09. The first-order valence-electron chi connectivity index (χ1n) is 6.03. The molecule has 0 saturated heterocycles. The zero-order valence-electron chi connectivity index (χ0n) is 10.6. The van der Waals surface area contributed by atoms with Crippen molar-refractivity contribution in [2.24, 2.45) is 0 Å². The van der Waals surface area contributed by atoms with Crippen LogP contribution in [0.25, 0.3) is 0 Å². The van der Waals surface area contributed by atoms with Crippen LogP contribution in [-0.2, 0) is 12.6 Å². The zero-order valence-corrected chi connectivity index (χ0v) is 12.9. The van der Waals surface area contributed by atoms with Crippen molar-refractivity contribution in [1.82, 2.24) is 0 Å². The maximum Gasteiger partial charge on any atom is 0.419 e. The number of alkyl halides is 4. The van der Waals surface area contributed by atoms with E-state index >= 15 is 0 Å². The van der Waals surface area contributed by atoms with E-state index in [1.165, 1.54) is 12.1 Å².